The molecule has 0 aromatic heterocycles. The fraction of sp³-hybridized carbons (Fsp3) is 0.565. The van der Waals surface area contributed by atoms with E-state index < -0.39 is 12.0 Å². The van der Waals surface area contributed by atoms with Crippen LogP contribution in [0.15, 0.2) is 35.5 Å². The molecule has 2 aliphatic rings. The van der Waals surface area contributed by atoms with Crippen LogP contribution in [0.25, 0.3) is 0 Å². The lowest BCUT2D eigenvalue weighted by molar-refractivity contribution is -0.139. The molecule has 1 saturated carbocycles. The molecule has 1 aliphatic heterocycles. The summed E-state index contributed by atoms with van der Waals surface area (Å²) in [7, 11) is 5.38. The molecule has 1 fully saturated rings. The van der Waals surface area contributed by atoms with Crippen LogP contribution in [0.4, 0.5) is 4.79 Å². The second kappa shape index (κ2) is 9.98. The molecular weight excluding hydrogens is 382 g/mol. The van der Waals surface area contributed by atoms with E-state index in [1.54, 1.807) is 26.0 Å². The highest BCUT2D eigenvalue weighted by atomic mass is 16.5. The van der Waals surface area contributed by atoms with E-state index in [2.05, 4.69) is 17.3 Å². The SMILES string of the molecule is CCOC(=O)C1=C(CN(C)C2CCCCC2)N(C)C(=O)NC1c1cccc(OC)c1. The summed E-state index contributed by atoms with van der Waals surface area (Å²) in [6.45, 7) is 2.58. The van der Waals surface area contributed by atoms with Gasteiger partial charge in [0.2, 0.25) is 0 Å². The second-order valence-corrected chi connectivity index (χ2v) is 8.01. The monoisotopic (exact) mass is 415 g/mol. The molecule has 30 heavy (non-hydrogen) atoms. The molecule has 0 saturated heterocycles. The predicted molar refractivity (Wildman–Crippen MR) is 115 cm³/mol. The second-order valence-electron chi connectivity index (χ2n) is 8.01. The molecule has 0 bridgehead atoms. The van der Waals surface area contributed by atoms with E-state index in [9.17, 15) is 9.59 Å². The normalized spacial score (nSPS) is 20.4. The van der Waals surface area contributed by atoms with Gasteiger partial charge >= 0.3 is 12.0 Å². The van der Waals surface area contributed by atoms with Gasteiger partial charge in [-0.2, -0.15) is 0 Å². The third-order valence-corrected chi connectivity index (χ3v) is 6.10. The van der Waals surface area contributed by atoms with Crippen molar-refractivity contribution in [1.82, 2.24) is 15.1 Å². The number of likely N-dealkylation sites (N-methyl/N-ethyl adjacent to an activating group) is 2. The van der Waals surface area contributed by atoms with Crippen LogP contribution < -0.4 is 10.1 Å². The average molecular weight is 416 g/mol. The first-order chi connectivity index (χ1) is 14.5. The van der Waals surface area contributed by atoms with Crippen molar-refractivity contribution in [1.29, 1.82) is 0 Å². The molecule has 1 aromatic carbocycles. The van der Waals surface area contributed by atoms with Crippen molar-refractivity contribution < 1.29 is 19.1 Å². The summed E-state index contributed by atoms with van der Waals surface area (Å²) in [5.74, 6) is 0.272. The number of nitrogens with zero attached hydrogens (tertiary/aromatic N) is 2. The number of methoxy groups -OCH3 is 1. The lowest BCUT2D eigenvalue weighted by Gasteiger charge is -2.38. The smallest absolute Gasteiger partial charge is 0.338 e. The van der Waals surface area contributed by atoms with Crippen LogP contribution in [-0.4, -0.2) is 62.2 Å². The van der Waals surface area contributed by atoms with E-state index in [1.165, 1.54) is 19.3 Å². The summed E-state index contributed by atoms with van der Waals surface area (Å²) in [6.07, 6.45) is 6.02. The Labute approximate surface area is 179 Å². The van der Waals surface area contributed by atoms with E-state index >= 15 is 0 Å². The highest BCUT2D eigenvalue weighted by molar-refractivity contribution is 5.95. The first-order valence-corrected chi connectivity index (χ1v) is 10.7. The number of amides is 2. The standard InChI is InChI=1S/C23H33N3O4/c1-5-30-22(27)20-19(15-25(2)17-11-7-6-8-12-17)26(3)23(28)24-21(20)16-10-9-13-18(14-16)29-4/h9-10,13-14,17,21H,5-8,11-12,15H2,1-4H3,(H,24,28). The molecule has 7 nitrogen and oxygen atoms in total. The van der Waals surface area contributed by atoms with Gasteiger partial charge in [-0.1, -0.05) is 31.4 Å². The van der Waals surface area contributed by atoms with E-state index in [4.69, 9.17) is 9.47 Å². The summed E-state index contributed by atoms with van der Waals surface area (Å²) in [5.41, 5.74) is 1.96. The lowest BCUT2D eigenvalue weighted by atomic mass is 9.92. The Bertz CT molecular complexity index is 801. The number of esters is 1. The molecule has 1 aromatic rings. The Hall–Kier alpha value is -2.54. The summed E-state index contributed by atoms with van der Waals surface area (Å²) in [4.78, 5) is 29.7. The minimum absolute atomic E-state index is 0.233. The molecule has 1 unspecified atom stereocenters. The third kappa shape index (κ3) is 4.78. The zero-order chi connectivity index (χ0) is 21.7. The number of hydrogen-bond donors (Lipinski definition) is 1. The fourth-order valence-corrected chi connectivity index (χ4v) is 4.36. The minimum atomic E-state index is -0.586. The zero-order valence-corrected chi connectivity index (χ0v) is 18.4. The maximum atomic E-state index is 13.0. The number of urea groups is 1. The largest absolute Gasteiger partial charge is 0.497 e. The van der Waals surface area contributed by atoms with Gasteiger partial charge in [-0.05, 0) is 44.5 Å². The Morgan fingerprint density at radius 1 is 1.27 bits per heavy atom. The van der Waals surface area contributed by atoms with Gasteiger partial charge in [0, 0.05) is 25.3 Å². The number of ether oxygens (including phenoxy) is 2. The van der Waals surface area contributed by atoms with Gasteiger partial charge in [0.25, 0.3) is 0 Å². The Balaban J connectivity index is 2.02. The van der Waals surface area contributed by atoms with E-state index in [0.717, 1.165) is 18.4 Å². The van der Waals surface area contributed by atoms with Crippen LogP contribution in [0, 0.1) is 0 Å². The van der Waals surface area contributed by atoms with Crippen molar-refractivity contribution in [3.63, 3.8) is 0 Å². The number of rotatable bonds is 7. The van der Waals surface area contributed by atoms with Gasteiger partial charge in [-0.3, -0.25) is 9.80 Å². The van der Waals surface area contributed by atoms with Crippen molar-refractivity contribution in [3.05, 3.63) is 41.1 Å². The van der Waals surface area contributed by atoms with Crippen LogP contribution >= 0.6 is 0 Å². The van der Waals surface area contributed by atoms with Crippen molar-refractivity contribution in [3.8, 4) is 5.75 Å². The summed E-state index contributed by atoms with van der Waals surface area (Å²) in [5, 5.41) is 2.96. The molecule has 1 aliphatic carbocycles. The highest BCUT2D eigenvalue weighted by Gasteiger charge is 2.37. The van der Waals surface area contributed by atoms with Crippen LogP contribution in [0.3, 0.4) is 0 Å². The molecule has 1 atom stereocenters. The van der Waals surface area contributed by atoms with Gasteiger partial charge in [-0.15, -0.1) is 0 Å². The number of hydrogen-bond acceptors (Lipinski definition) is 5. The molecule has 1 N–H and O–H groups in total. The zero-order valence-electron chi connectivity index (χ0n) is 18.4. The van der Waals surface area contributed by atoms with Gasteiger partial charge in [0.15, 0.2) is 0 Å². The van der Waals surface area contributed by atoms with E-state index in [0.29, 0.717) is 29.6 Å². The molecular formula is C23H33N3O4. The molecule has 0 radical (unpaired) electrons. The minimum Gasteiger partial charge on any atom is -0.497 e. The Morgan fingerprint density at radius 3 is 2.67 bits per heavy atom. The number of carbonyl (C=O) groups excluding carboxylic acids is 2. The summed E-state index contributed by atoms with van der Waals surface area (Å²) < 4.78 is 10.8. The maximum Gasteiger partial charge on any atom is 0.338 e. The van der Waals surface area contributed by atoms with Crippen molar-refractivity contribution in [2.45, 2.75) is 51.1 Å². The Kier molecular flexibility index (Phi) is 7.37. The molecule has 7 heteroatoms. The Morgan fingerprint density at radius 2 is 2.00 bits per heavy atom. The molecule has 2 amide bonds. The van der Waals surface area contributed by atoms with Crippen LogP contribution in [-0.2, 0) is 9.53 Å². The van der Waals surface area contributed by atoms with Gasteiger partial charge in [-0.25, -0.2) is 9.59 Å². The van der Waals surface area contributed by atoms with Crippen LogP contribution in [0.5, 0.6) is 5.75 Å². The highest BCUT2D eigenvalue weighted by Crippen LogP contribution is 2.33. The van der Waals surface area contributed by atoms with E-state index in [1.807, 2.05) is 24.3 Å². The number of nitrogens with one attached hydrogen (secondary N) is 1. The third-order valence-electron chi connectivity index (χ3n) is 6.10. The number of benzene rings is 1. The maximum absolute atomic E-state index is 13.0. The number of carbonyl (C=O) groups is 2. The molecule has 1 heterocycles. The van der Waals surface area contributed by atoms with Gasteiger partial charge < -0.3 is 14.8 Å². The predicted octanol–water partition coefficient (Wildman–Crippen LogP) is 3.47. The van der Waals surface area contributed by atoms with E-state index in [-0.39, 0.29) is 12.6 Å². The average Bonchev–Trinajstić information content (AvgIpc) is 2.77. The lowest BCUT2D eigenvalue weighted by Crippen LogP contribution is -2.50. The molecule has 3 rings (SSSR count). The van der Waals surface area contributed by atoms with Crippen LogP contribution in [0.1, 0.15) is 50.6 Å². The summed E-state index contributed by atoms with van der Waals surface area (Å²) >= 11 is 0. The fourth-order valence-electron chi connectivity index (χ4n) is 4.36. The topological polar surface area (TPSA) is 71.1 Å². The summed E-state index contributed by atoms with van der Waals surface area (Å²) in [6, 6.07) is 7.07. The first-order valence-electron chi connectivity index (χ1n) is 10.7. The van der Waals surface area contributed by atoms with Crippen molar-refractivity contribution in [2.75, 3.05) is 34.4 Å². The van der Waals surface area contributed by atoms with Gasteiger partial charge in [0.1, 0.15) is 5.75 Å². The first kappa shape index (κ1) is 22.2. The van der Waals surface area contributed by atoms with Gasteiger partial charge in [0.05, 0.1) is 25.3 Å². The molecule has 0 spiro atoms. The van der Waals surface area contributed by atoms with Crippen molar-refractivity contribution in [2.24, 2.45) is 0 Å². The van der Waals surface area contributed by atoms with Crippen molar-refractivity contribution >= 4 is 12.0 Å². The van der Waals surface area contributed by atoms with Crippen LogP contribution in [0.2, 0.25) is 0 Å². The quantitative estimate of drug-likeness (QED) is 0.691. The molecule has 164 valence electrons.